The summed E-state index contributed by atoms with van der Waals surface area (Å²) in [5.41, 5.74) is 0.210. The monoisotopic (exact) mass is 478 g/mol. The lowest BCUT2D eigenvalue weighted by Crippen LogP contribution is -2.36. The highest BCUT2D eigenvalue weighted by molar-refractivity contribution is 7.88. The molecular weight excluding hydrogens is 455 g/mol. The maximum absolute atomic E-state index is 13.2. The first-order chi connectivity index (χ1) is 15.6. The summed E-state index contributed by atoms with van der Waals surface area (Å²) in [4.78, 5) is 29.8. The highest BCUT2D eigenvalue weighted by atomic mass is 32.2. The van der Waals surface area contributed by atoms with Crippen LogP contribution >= 0.6 is 0 Å². The molecule has 33 heavy (non-hydrogen) atoms. The van der Waals surface area contributed by atoms with Gasteiger partial charge in [-0.2, -0.15) is 0 Å². The molecule has 0 aliphatic rings. The minimum Gasteiger partial charge on any atom is -0.505 e. The van der Waals surface area contributed by atoms with Crippen molar-refractivity contribution in [2.75, 3.05) is 26.0 Å². The number of halogens is 1. The van der Waals surface area contributed by atoms with Gasteiger partial charge in [0.05, 0.1) is 18.4 Å². The molecule has 1 aromatic carbocycles. The fourth-order valence-corrected chi connectivity index (χ4v) is 3.77. The maximum Gasteiger partial charge on any atom is 0.267 e. The molecule has 0 saturated carbocycles. The fourth-order valence-electron chi connectivity index (χ4n) is 3.31. The molecule has 0 bridgehead atoms. The molecule has 3 rings (SSSR count). The predicted molar refractivity (Wildman–Crippen MR) is 119 cm³/mol. The molecule has 12 heteroatoms. The Balaban J connectivity index is 2.11. The lowest BCUT2D eigenvalue weighted by molar-refractivity contribution is 0.0940. The van der Waals surface area contributed by atoms with Crippen molar-refractivity contribution >= 4 is 27.0 Å². The highest BCUT2D eigenvalue weighted by Crippen LogP contribution is 2.26. The molecule has 0 fully saturated rings. The van der Waals surface area contributed by atoms with Gasteiger partial charge in [0.1, 0.15) is 16.9 Å². The second-order valence-corrected chi connectivity index (χ2v) is 9.17. The third-order valence-corrected chi connectivity index (χ3v) is 5.51. The van der Waals surface area contributed by atoms with Crippen molar-refractivity contribution < 1.29 is 27.8 Å². The van der Waals surface area contributed by atoms with E-state index in [1.54, 1.807) is 18.2 Å². The Kier molecular flexibility index (Phi) is 7.41. The number of rotatable bonds is 9. The Morgan fingerprint density at radius 1 is 1.18 bits per heavy atom. The van der Waals surface area contributed by atoms with Crippen LogP contribution < -0.4 is 15.6 Å². The second kappa shape index (κ2) is 10.1. The average Bonchev–Trinajstić information content (AvgIpc) is 2.75. The van der Waals surface area contributed by atoms with E-state index in [0.29, 0.717) is 12.0 Å². The average molecular weight is 479 g/mol. The van der Waals surface area contributed by atoms with Crippen molar-refractivity contribution in [3.8, 4) is 5.75 Å². The van der Waals surface area contributed by atoms with E-state index in [1.807, 2.05) is 0 Å². The van der Waals surface area contributed by atoms with Crippen LogP contribution in [-0.4, -0.2) is 60.0 Å². The van der Waals surface area contributed by atoms with Crippen LogP contribution in [0.15, 0.2) is 41.3 Å². The third kappa shape index (κ3) is 5.92. The number of aliphatic hydroxyl groups excluding tert-OH is 1. The van der Waals surface area contributed by atoms with Gasteiger partial charge < -0.3 is 20.1 Å². The number of aromatic nitrogens is 2. The molecular formula is C21H23FN4O6S. The number of nitrogens with one attached hydrogen (secondary N) is 2. The number of aromatic hydroxyl groups is 1. The number of sulfonamides is 1. The lowest BCUT2D eigenvalue weighted by atomic mass is 10.1. The predicted octanol–water partition coefficient (Wildman–Crippen LogP) is 0.103. The van der Waals surface area contributed by atoms with E-state index < -0.39 is 32.8 Å². The molecule has 4 N–H and O–H groups in total. The topological polar surface area (TPSA) is 151 Å². The SMILES string of the molecule is CS(=O)(=O)NCCn1c(=O)c(C(=O)NCCO)c(O)c2ncc(Cc3ccc(F)cc3)cc21. The zero-order valence-corrected chi connectivity index (χ0v) is 18.5. The van der Waals surface area contributed by atoms with Crippen molar-refractivity contribution in [2.45, 2.75) is 13.0 Å². The van der Waals surface area contributed by atoms with Gasteiger partial charge in [-0.3, -0.25) is 14.6 Å². The Hall–Kier alpha value is -3.35. The quantitative estimate of drug-likeness (QED) is 0.341. The number of fused-ring (bicyclic) bond motifs is 1. The molecule has 0 saturated heterocycles. The van der Waals surface area contributed by atoms with Crippen molar-refractivity contribution in [3.63, 3.8) is 0 Å². The highest BCUT2D eigenvalue weighted by Gasteiger charge is 2.23. The van der Waals surface area contributed by atoms with E-state index >= 15 is 0 Å². The molecule has 0 radical (unpaired) electrons. The number of pyridine rings is 2. The summed E-state index contributed by atoms with van der Waals surface area (Å²) in [7, 11) is -3.53. The first-order valence-corrected chi connectivity index (χ1v) is 11.8. The molecule has 10 nitrogen and oxygen atoms in total. The van der Waals surface area contributed by atoms with Gasteiger partial charge in [-0.05, 0) is 35.7 Å². The molecule has 0 unspecified atom stereocenters. The summed E-state index contributed by atoms with van der Waals surface area (Å²) in [5, 5.41) is 21.9. The number of amides is 1. The summed E-state index contributed by atoms with van der Waals surface area (Å²) in [6.07, 6.45) is 2.80. The van der Waals surface area contributed by atoms with Crippen LogP contribution in [0.2, 0.25) is 0 Å². The maximum atomic E-state index is 13.2. The van der Waals surface area contributed by atoms with Crippen molar-refractivity contribution in [1.82, 2.24) is 19.6 Å². The number of aliphatic hydroxyl groups is 1. The van der Waals surface area contributed by atoms with Gasteiger partial charge in [0.25, 0.3) is 11.5 Å². The van der Waals surface area contributed by atoms with Gasteiger partial charge in [0.2, 0.25) is 10.0 Å². The number of carbonyl (C=O) groups is 1. The van der Waals surface area contributed by atoms with Crippen LogP contribution in [0.4, 0.5) is 4.39 Å². The van der Waals surface area contributed by atoms with E-state index in [0.717, 1.165) is 16.4 Å². The molecule has 0 atom stereocenters. The Bertz CT molecular complexity index is 1340. The van der Waals surface area contributed by atoms with Crippen LogP contribution in [0.5, 0.6) is 5.75 Å². The molecule has 3 aromatic rings. The summed E-state index contributed by atoms with van der Waals surface area (Å²) >= 11 is 0. The Labute approximate surface area is 188 Å². The van der Waals surface area contributed by atoms with Crippen LogP contribution in [-0.2, 0) is 23.0 Å². The van der Waals surface area contributed by atoms with E-state index in [-0.39, 0.29) is 43.1 Å². The van der Waals surface area contributed by atoms with Gasteiger partial charge in [-0.1, -0.05) is 12.1 Å². The minimum absolute atomic E-state index is 0.0223. The van der Waals surface area contributed by atoms with Gasteiger partial charge in [0.15, 0.2) is 5.75 Å². The van der Waals surface area contributed by atoms with Crippen molar-refractivity contribution in [2.24, 2.45) is 0 Å². The second-order valence-electron chi connectivity index (χ2n) is 7.34. The number of benzene rings is 1. The van der Waals surface area contributed by atoms with E-state index in [2.05, 4.69) is 15.0 Å². The largest absolute Gasteiger partial charge is 0.505 e. The van der Waals surface area contributed by atoms with Crippen molar-refractivity contribution in [3.05, 3.63) is 69.4 Å². The van der Waals surface area contributed by atoms with E-state index in [1.165, 1.54) is 18.3 Å². The fraction of sp³-hybridized carbons (Fsp3) is 0.286. The van der Waals surface area contributed by atoms with Gasteiger partial charge in [-0.15, -0.1) is 0 Å². The number of carbonyl (C=O) groups excluding carboxylic acids is 1. The molecule has 2 heterocycles. The molecule has 0 aliphatic carbocycles. The number of nitrogens with zero attached hydrogens (tertiary/aromatic N) is 2. The normalized spacial score (nSPS) is 11.6. The first kappa shape index (κ1) is 24.3. The standard InChI is InChI=1S/C21H23FN4O6S/c1-33(31,32)25-6-8-26-16-11-14(10-13-2-4-15(22)5-3-13)12-24-18(16)19(28)17(21(26)30)20(29)23-7-9-27/h2-5,11-12,25,27-28H,6-10H2,1H3,(H,23,29). The third-order valence-electron chi connectivity index (χ3n) is 4.78. The Morgan fingerprint density at radius 2 is 1.88 bits per heavy atom. The summed E-state index contributed by atoms with van der Waals surface area (Å²) in [5.74, 6) is -1.89. The van der Waals surface area contributed by atoms with Gasteiger partial charge in [0, 0.05) is 25.8 Å². The first-order valence-electron chi connectivity index (χ1n) is 9.93. The van der Waals surface area contributed by atoms with Crippen LogP contribution in [0.1, 0.15) is 21.5 Å². The Morgan fingerprint density at radius 3 is 2.52 bits per heavy atom. The number of hydrogen-bond acceptors (Lipinski definition) is 7. The minimum atomic E-state index is -3.53. The van der Waals surface area contributed by atoms with Crippen molar-refractivity contribution in [1.29, 1.82) is 0 Å². The van der Waals surface area contributed by atoms with Gasteiger partial charge >= 0.3 is 0 Å². The van der Waals surface area contributed by atoms with E-state index in [9.17, 15) is 27.5 Å². The molecule has 1 amide bonds. The summed E-state index contributed by atoms with van der Waals surface area (Å²) in [6, 6.07) is 7.45. The van der Waals surface area contributed by atoms with Gasteiger partial charge in [-0.25, -0.2) is 17.5 Å². The molecule has 176 valence electrons. The molecule has 0 aliphatic heterocycles. The lowest BCUT2D eigenvalue weighted by Gasteiger charge is -2.15. The smallest absolute Gasteiger partial charge is 0.267 e. The molecule has 0 spiro atoms. The zero-order valence-electron chi connectivity index (χ0n) is 17.7. The van der Waals surface area contributed by atoms with E-state index in [4.69, 9.17) is 5.11 Å². The number of hydrogen-bond donors (Lipinski definition) is 4. The summed E-state index contributed by atoms with van der Waals surface area (Å²) in [6.45, 7) is -0.768. The van der Waals surface area contributed by atoms with Crippen LogP contribution in [0.25, 0.3) is 11.0 Å². The van der Waals surface area contributed by atoms with Crippen LogP contribution in [0.3, 0.4) is 0 Å². The zero-order chi connectivity index (χ0) is 24.2. The molecule has 2 aromatic heterocycles. The summed E-state index contributed by atoms with van der Waals surface area (Å²) < 4.78 is 39.5. The van der Waals surface area contributed by atoms with Crippen LogP contribution in [0, 0.1) is 5.82 Å².